The van der Waals surface area contributed by atoms with Crippen molar-refractivity contribution in [2.24, 2.45) is 0 Å². The number of aromatic carboxylic acids is 1. The molecule has 0 atom stereocenters. The van der Waals surface area contributed by atoms with Gasteiger partial charge >= 0.3 is 17.8 Å². The zero-order chi connectivity index (χ0) is 14.6. The first kappa shape index (κ1) is 15.0. The van der Waals surface area contributed by atoms with Crippen LogP contribution in [0.5, 0.6) is 0 Å². The molecule has 1 aromatic heterocycles. The third-order valence-corrected chi connectivity index (χ3v) is 2.35. The van der Waals surface area contributed by atoms with Crippen LogP contribution in [0.3, 0.4) is 0 Å². The molecule has 6 nitrogen and oxygen atoms in total. The minimum absolute atomic E-state index is 0.0462. The van der Waals surface area contributed by atoms with Crippen LogP contribution in [0.1, 0.15) is 29.6 Å². The molecule has 0 saturated heterocycles. The molecule has 1 heterocycles. The molecule has 9 heteroatoms. The molecular formula is C10H11F3N2O4. The predicted molar refractivity (Wildman–Crippen MR) is 58.2 cm³/mol. The molecule has 106 valence electrons. The van der Waals surface area contributed by atoms with Gasteiger partial charge in [-0.3, -0.25) is 14.3 Å². The monoisotopic (exact) mass is 280 g/mol. The number of halogens is 3. The Labute approximate surface area is 104 Å². The lowest BCUT2D eigenvalue weighted by Crippen LogP contribution is -2.33. The first-order valence-electron chi connectivity index (χ1n) is 5.34. The Balaban J connectivity index is 2.74. The van der Waals surface area contributed by atoms with Crippen molar-refractivity contribution in [2.75, 3.05) is 0 Å². The van der Waals surface area contributed by atoms with E-state index in [9.17, 15) is 27.6 Å². The lowest BCUT2D eigenvalue weighted by atomic mass is 10.2. The SMILES string of the molecule is O=C(O)c1cn(CCCCC(F)(F)F)c(=O)[nH]c1=O. The number of carboxylic acid groups (broad SMARTS) is 1. The zero-order valence-corrected chi connectivity index (χ0v) is 9.66. The summed E-state index contributed by atoms with van der Waals surface area (Å²) in [6.45, 7) is -0.0913. The number of nitrogens with one attached hydrogen (secondary N) is 1. The van der Waals surface area contributed by atoms with Gasteiger partial charge in [-0.15, -0.1) is 0 Å². The fraction of sp³-hybridized carbons (Fsp3) is 0.500. The highest BCUT2D eigenvalue weighted by atomic mass is 19.4. The number of hydrogen-bond donors (Lipinski definition) is 2. The second-order valence-electron chi connectivity index (χ2n) is 3.87. The van der Waals surface area contributed by atoms with E-state index in [1.165, 1.54) is 0 Å². The molecule has 0 unspecified atom stereocenters. The Kier molecular flexibility index (Phi) is 4.52. The van der Waals surface area contributed by atoms with Crippen molar-refractivity contribution >= 4 is 5.97 Å². The van der Waals surface area contributed by atoms with E-state index in [0.717, 1.165) is 10.8 Å². The topological polar surface area (TPSA) is 92.2 Å². The molecule has 0 aliphatic heterocycles. The molecule has 0 fully saturated rings. The largest absolute Gasteiger partial charge is 0.477 e. The van der Waals surface area contributed by atoms with Crippen LogP contribution in [0.15, 0.2) is 15.8 Å². The Bertz CT molecular complexity index is 573. The minimum Gasteiger partial charge on any atom is -0.477 e. The summed E-state index contributed by atoms with van der Waals surface area (Å²) in [6, 6.07) is 0. The number of rotatable bonds is 5. The molecular weight excluding hydrogens is 269 g/mol. The van der Waals surface area contributed by atoms with Gasteiger partial charge < -0.3 is 5.11 Å². The molecule has 0 amide bonds. The summed E-state index contributed by atoms with van der Waals surface area (Å²) in [5.41, 5.74) is -2.51. The van der Waals surface area contributed by atoms with Crippen molar-refractivity contribution in [1.82, 2.24) is 9.55 Å². The average Bonchev–Trinajstić information content (AvgIpc) is 2.24. The van der Waals surface area contributed by atoms with E-state index in [4.69, 9.17) is 5.11 Å². The third-order valence-electron chi connectivity index (χ3n) is 2.35. The van der Waals surface area contributed by atoms with Gasteiger partial charge in [-0.2, -0.15) is 13.2 Å². The first-order chi connectivity index (χ1) is 8.70. The van der Waals surface area contributed by atoms with Crippen LogP contribution in [-0.2, 0) is 6.54 Å². The standard InChI is InChI=1S/C10H11F3N2O4/c11-10(12,13)3-1-2-4-15-5-6(8(17)18)7(16)14-9(15)19/h5H,1-4H2,(H,17,18)(H,14,16,19). The maximum absolute atomic E-state index is 11.9. The number of aromatic amines is 1. The van der Waals surface area contributed by atoms with Crippen molar-refractivity contribution in [3.05, 3.63) is 32.6 Å². The summed E-state index contributed by atoms with van der Waals surface area (Å²) < 4.78 is 36.5. The molecule has 19 heavy (non-hydrogen) atoms. The van der Waals surface area contributed by atoms with Gasteiger partial charge in [0.1, 0.15) is 5.56 Å². The van der Waals surface area contributed by atoms with Gasteiger partial charge in [0.2, 0.25) is 0 Å². The number of carbonyl (C=O) groups is 1. The van der Waals surface area contributed by atoms with Crippen LogP contribution in [0.4, 0.5) is 13.2 Å². The quantitative estimate of drug-likeness (QED) is 0.786. The highest BCUT2D eigenvalue weighted by Crippen LogP contribution is 2.22. The maximum atomic E-state index is 11.9. The number of hydrogen-bond acceptors (Lipinski definition) is 3. The number of unbranched alkanes of at least 4 members (excludes halogenated alkanes) is 1. The van der Waals surface area contributed by atoms with Gasteiger partial charge in [-0.1, -0.05) is 0 Å². The maximum Gasteiger partial charge on any atom is 0.389 e. The summed E-state index contributed by atoms with van der Waals surface area (Å²) in [4.78, 5) is 34.9. The lowest BCUT2D eigenvalue weighted by molar-refractivity contribution is -0.135. The van der Waals surface area contributed by atoms with Crippen LogP contribution in [-0.4, -0.2) is 26.8 Å². The van der Waals surface area contributed by atoms with Gasteiger partial charge in [-0.05, 0) is 12.8 Å². The molecule has 1 rings (SSSR count). The van der Waals surface area contributed by atoms with E-state index in [1.54, 1.807) is 4.98 Å². The van der Waals surface area contributed by atoms with E-state index in [-0.39, 0.29) is 19.4 Å². The summed E-state index contributed by atoms with van der Waals surface area (Å²) in [5.74, 6) is -1.51. The van der Waals surface area contributed by atoms with Crippen molar-refractivity contribution in [1.29, 1.82) is 0 Å². The highest BCUT2D eigenvalue weighted by molar-refractivity contribution is 5.86. The van der Waals surface area contributed by atoms with Crippen molar-refractivity contribution in [3.63, 3.8) is 0 Å². The molecule has 0 bridgehead atoms. The second kappa shape index (κ2) is 5.72. The van der Waals surface area contributed by atoms with Gasteiger partial charge in [0, 0.05) is 19.2 Å². The van der Waals surface area contributed by atoms with E-state index in [0.29, 0.717) is 0 Å². The summed E-state index contributed by atoms with van der Waals surface area (Å²) in [6.07, 6.45) is -4.54. The van der Waals surface area contributed by atoms with Gasteiger partial charge in [-0.25, -0.2) is 9.59 Å². The number of alkyl halides is 3. The summed E-state index contributed by atoms with van der Waals surface area (Å²) >= 11 is 0. The van der Waals surface area contributed by atoms with Crippen LogP contribution in [0, 0.1) is 0 Å². The molecule has 1 aromatic rings. The molecule has 0 spiro atoms. The van der Waals surface area contributed by atoms with Gasteiger partial charge in [0.15, 0.2) is 0 Å². The van der Waals surface area contributed by atoms with Crippen LogP contribution < -0.4 is 11.2 Å². The first-order valence-corrected chi connectivity index (χ1v) is 5.34. The molecule has 0 saturated carbocycles. The van der Waals surface area contributed by atoms with Crippen molar-refractivity contribution in [2.45, 2.75) is 32.0 Å². The number of nitrogens with zero attached hydrogens (tertiary/aromatic N) is 1. The molecule has 0 aliphatic carbocycles. The number of aryl methyl sites for hydroxylation is 1. The molecule has 0 radical (unpaired) electrons. The summed E-state index contributed by atoms with van der Waals surface area (Å²) in [5, 5.41) is 8.68. The van der Waals surface area contributed by atoms with Gasteiger partial charge in [0.25, 0.3) is 5.56 Å². The fourth-order valence-corrected chi connectivity index (χ4v) is 1.44. The predicted octanol–water partition coefficient (Wildman–Crippen LogP) is 0.967. The Morgan fingerprint density at radius 1 is 1.32 bits per heavy atom. The normalized spacial score (nSPS) is 11.5. The molecule has 0 aliphatic rings. The van der Waals surface area contributed by atoms with E-state index >= 15 is 0 Å². The van der Waals surface area contributed by atoms with Crippen molar-refractivity contribution in [3.8, 4) is 0 Å². The van der Waals surface area contributed by atoms with Crippen LogP contribution >= 0.6 is 0 Å². The molecule has 0 aromatic carbocycles. The number of H-pyrrole nitrogens is 1. The Hall–Kier alpha value is -2.06. The van der Waals surface area contributed by atoms with E-state index in [2.05, 4.69) is 0 Å². The lowest BCUT2D eigenvalue weighted by Gasteiger charge is -2.07. The smallest absolute Gasteiger partial charge is 0.389 e. The summed E-state index contributed by atoms with van der Waals surface area (Å²) in [7, 11) is 0. The Morgan fingerprint density at radius 2 is 1.95 bits per heavy atom. The van der Waals surface area contributed by atoms with Crippen LogP contribution in [0.2, 0.25) is 0 Å². The van der Waals surface area contributed by atoms with Crippen molar-refractivity contribution < 1.29 is 23.1 Å². The Morgan fingerprint density at radius 3 is 2.47 bits per heavy atom. The third kappa shape index (κ3) is 4.60. The average molecular weight is 280 g/mol. The van der Waals surface area contributed by atoms with Crippen LogP contribution in [0.25, 0.3) is 0 Å². The second-order valence-corrected chi connectivity index (χ2v) is 3.87. The number of carboxylic acids is 1. The highest BCUT2D eigenvalue weighted by Gasteiger charge is 2.25. The van der Waals surface area contributed by atoms with Gasteiger partial charge in [0.05, 0.1) is 0 Å². The van der Waals surface area contributed by atoms with E-state index in [1.807, 2.05) is 0 Å². The van der Waals surface area contributed by atoms with E-state index < -0.39 is 35.4 Å². The zero-order valence-electron chi connectivity index (χ0n) is 9.66. The fourth-order valence-electron chi connectivity index (χ4n) is 1.44. The molecule has 2 N–H and O–H groups in total. The minimum atomic E-state index is -4.26. The number of aromatic nitrogens is 2.